The average molecular weight is 558 g/mol. The molecule has 0 aromatic heterocycles. The quantitative estimate of drug-likeness (QED) is 0.0508. The Morgan fingerprint density at radius 3 is 1.92 bits per heavy atom. The van der Waals surface area contributed by atoms with Gasteiger partial charge in [-0.25, -0.2) is 4.57 Å². The molecule has 0 aliphatic carbocycles. The molecule has 0 bridgehead atoms. The number of allylic oxidation sites excluding steroid dienone is 8. The number of carbonyl (C=O) groups excluding carboxylic acids is 1. The van der Waals surface area contributed by atoms with Crippen LogP contribution in [-0.4, -0.2) is 49.9 Å². The van der Waals surface area contributed by atoms with Crippen molar-refractivity contribution >= 4 is 13.8 Å². The van der Waals surface area contributed by atoms with Crippen LogP contribution in [0.25, 0.3) is 0 Å². The Labute approximate surface area is 230 Å². The summed E-state index contributed by atoms with van der Waals surface area (Å²) in [5.74, 6) is -0.514. The van der Waals surface area contributed by atoms with Gasteiger partial charge in [-0.1, -0.05) is 87.6 Å². The van der Waals surface area contributed by atoms with Crippen molar-refractivity contribution in [3.05, 3.63) is 48.6 Å². The molecule has 220 valence electrons. The summed E-state index contributed by atoms with van der Waals surface area (Å²) in [7, 11) is -4.23. The van der Waals surface area contributed by atoms with Gasteiger partial charge in [0.05, 0.1) is 19.8 Å². The van der Waals surface area contributed by atoms with Crippen LogP contribution in [0.15, 0.2) is 48.6 Å². The van der Waals surface area contributed by atoms with Gasteiger partial charge in [0, 0.05) is 20.1 Å². The van der Waals surface area contributed by atoms with Crippen molar-refractivity contribution in [3.63, 3.8) is 0 Å². The number of phosphoric acid groups is 1. The molecular weight excluding hydrogens is 505 g/mol. The van der Waals surface area contributed by atoms with Gasteiger partial charge in [0.15, 0.2) is 0 Å². The average Bonchev–Trinajstić information content (AvgIpc) is 2.88. The second kappa shape index (κ2) is 27.0. The second-order valence-electron chi connectivity index (χ2n) is 8.96. The van der Waals surface area contributed by atoms with Gasteiger partial charge in [0.2, 0.25) is 0 Å². The molecule has 2 atom stereocenters. The minimum absolute atomic E-state index is 0.0910. The molecule has 0 heterocycles. The van der Waals surface area contributed by atoms with Crippen molar-refractivity contribution in [3.8, 4) is 0 Å². The van der Waals surface area contributed by atoms with Gasteiger partial charge in [-0.3, -0.25) is 13.8 Å². The first-order valence-corrected chi connectivity index (χ1v) is 15.6. The Kier molecular flexibility index (Phi) is 25.9. The largest absolute Gasteiger partial charge is 0.472 e. The van der Waals surface area contributed by atoms with Crippen molar-refractivity contribution in [1.29, 1.82) is 0 Å². The summed E-state index contributed by atoms with van der Waals surface area (Å²) in [5, 5.41) is 0. The van der Waals surface area contributed by atoms with Gasteiger partial charge in [0.25, 0.3) is 0 Å². The van der Waals surface area contributed by atoms with E-state index in [2.05, 4.69) is 60.1 Å². The van der Waals surface area contributed by atoms with Crippen LogP contribution in [0.1, 0.15) is 90.9 Å². The number of rotatable bonds is 26. The third-order valence-electron chi connectivity index (χ3n) is 5.31. The third kappa shape index (κ3) is 27.5. The van der Waals surface area contributed by atoms with E-state index in [9.17, 15) is 14.3 Å². The molecule has 0 aliphatic rings. The summed E-state index contributed by atoms with van der Waals surface area (Å²) >= 11 is 0. The van der Waals surface area contributed by atoms with Gasteiger partial charge in [-0.2, -0.15) is 0 Å². The molecule has 0 aromatic carbocycles. The Morgan fingerprint density at radius 2 is 1.34 bits per heavy atom. The molecule has 0 saturated heterocycles. The highest BCUT2D eigenvalue weighted by molar-refractivity contribution is 7.47. The highest BCUT2D eigenvalue weighted by atomic mass is 31.2. The van der Waals surface area contributed by atoms with Crippen LogP contribution < -0.4 is 5.73 Å². The van der Waals surface area contributed by atoms with Crippen molar-refractivity contribution in [2.75, 3.05) is 33.0 Å². The summed E-state index contributed by atoms with van der Waals surface area (Å²) in [6.07, 6.45) is 30.4. The lowest BCUT2D eigenvalue weighted by Crippen LogP contribution is -2.27. The maximum atomic E-state index is 11.7. The summed E-state index contributed by atoms with van der Waals surface area (Å²) in [6, 6.07) is 0. The van der Waals surface area contributed by atoms with Crippen molar-refractivity contribution in [1.82, 2.24) is 0 Å². The van der Waals surface area contributed by atoms with Crippen molar-refractivity contribution in [2.24, 2.45) is 5.73 Å². The lowest BCUT2D eigenvalue weighted by Gasteiger charge is -2.19. The van der Waals surface area contributed by atoms with Gasteiger partial charge in [-0.15, -0.1) is 0 Å². The van der Waals surface area contributed by atoms with Crippen LogP contribution in [0.2, 0.25) is 0 Å². The van der Waals surface area contributed by atoms with E-state index in [1.807, 2.05) is 0 Å². The Bertz CT molecular complexity index is 722. The number of carbonyl (C=O) groups is 1. The van der Waals surface area contributed by atoms with Crippen LogP contribution in [0.5, 0.6) is 0 Å². The maximum absolute atomic E-state index is 11.7. The Hall–Kier alpha value is -1.54. The minimum Gasteiger partial charge on any atom is -0.458 e. The zero-order valence-electron chi connectivity index (χ0n) is 23.6. The highest BCUT2D eigenvalue weighted by Crippen LogP contribution is 2.43. The molecule has 2 unspecified atom stereocenters. The first-order valence-electron chi connectivity index (χ1n) is 14.1. The first-order chi connectivity index (χ1) is 18.4. The molecule has 9 heteroatoms. The van der Waals surface area contributed by atoms with Crippen LogP contribution in [-0.2, 0) is 27.9 Å². The molecule has 0 amide bonds. The standard InChI is InChI=1S/C29H52NO7P/c1-3-4-5-6-7-8-9-10-11-12-13-14-15-16-17-18-19-20-21-22-24-34-26-29(37-28(2)31)27-36-38(32,33)35-25-23-30/h4-5,7-8,10-11,13-14,29H,3,6,9,12,15-27,30H2,1-2H3,(H,32,33)/b5-4-,8-7-,11-10-,14-13-. The van der Waals surface area contributed by atoms with Crippen LogP contribution in [0.4, 0.5) is 0 Å². The van der Waals surface area contributed by atoms with E-state index in [1.165, 1.54) is 32.6 Å². The normalized spacial score (nSPS) is 14.7. The minimum atomic E-state index is -4.23. The van der Waals surface area contributed by atoms with E-state index < -0.39 is 19.9 Å². The molecular formula is C29H52NO7P. The van der Waals surface area contributed by atoms with E-state index in [-0.39, 0.29) is 26.4 Å². The molecule has 8 nitrogen and oxygen atoms in total. The smallest absolute Gasteiger partial charge is 0.458 e. The van der Waals surface area contributed by atoms with Crippen molar-refractivity contribution in [2.45, 2.75) is 97.0 Å². The van der Waals surface area contributed by atoms with Crippen LogP contribution in [0, 0.1) is 0 Å². The topological polar surface area (TPSA) is 117 Å². The maximum Gasteiger partial charge on any atom is 0.472 e. The predicted molar refractivity (Wildman–Crippen MR) is 155 cm³/mol. The second-order valence-corrected chi connectivity index (χ2v) is 10.4. The monoisotopic (exact) mass is 557 g/mol. The lowest BCUT2D eigenvalue weighted by molar-refractivity contribution is -0.151. The fraction of sp³-hybridized carbons (Fsp3) is 0.690. The highest BCUT2D eigenvalue weighted by Gasteiger charge is 2.24. The molecule has 38 heavy (non-hydrogen) atoms. The summed E-state index contributed by atoms with van der Waals surface area (Å²) in [6.45, 7) is 3.73. The van der Waals surface area contributed by atoms with E-state index in [1.54, 1.807) is 0 Å². The number of hydrogen-bond acceptors (Lipinski definition) is 7. The van der Waals surface area contributed by atoms with Gasteiger partial charge >= 0.3 is 13.8 Å². The van der Waals surface area contributed by atoms with Gasteiger partial charge in [-0.05, 0) is 44.9 Å². The molecule has 0 rings (SSSR count). The SMILES string of the molecule is CC/C=C\C/C=C\C/C=C\C/C=C\CCCCCCCCCOCC(COP(=O)(O)OCCN)OC(C)=O. The number of hydrogen-bond donors (Lipinski definition) is 2. The molecule has 0 aromatic rings. The summed E-state index contributed by atoms with van der Waals surface area (Å²) in [5.41, 5.74) is 5.24. The summed E-state index contributed by atoms with van der Waals surface area (Å²) in [4.78, 5) is 20.8. The number of phosphoric ester groups is 1. The van der Waals surface area contributed by atoms with Gasteiger partial charge < -0.3 is 20.1 Å². The summed E-state index contributed by atoms with van der Waals surface area (Å²) < 4.78 is 31.9. The molecule has 0 saturated carbocycles. The fourth-order valence-corrected chi connectivity index (χ4v) is 4.16. The Balaban J connectivity index is 3.66. The molecule has 3 N–H and O–H groups in total. The number of unbranched alkanes of at least 4 members (excludes halogenated alkanes) is 7. The zero-order chi connectivity index (χ0) is 28.2. The van der Waals surface area contributed by atoms with Crippen LogP contribution >= 0.6 is 7.82 Å². The number of esters is 1. The zero-order valence-corrected chi connectivity index (χ0v) is 24.5. The number of nitrogens with two attached hydrogens (primary N) is 1. The molecule has 0 fully saturated rings. The molecule has 0 aliphatic heterocycles. The number of ether oxygens (including phenoxy) is 2. The predicted octanol–water partition coefficient (Wildman–Crippen LogP) is 6.95. The van der Waals surface area contributed by atoms with E-state index in [0.29, 0.717) is 6.61 Å². The fourth-order valence-electron chi connectivity index (χ4n) is 3.40. The molecule has 0 spiro atoms. The molecule has 0 radical (unpaired) electrons. The van der Waals surface area contributed by atoms with Crippen LogP contribution in [0.3, 0.4) is 0 Å². The first kappa shape index (κ1) is 36.5. The van der Waals surface area contributed by atoms with E-state index in [4.69, 9.17) is 19.7 Å². The lowest BCUT2D eigenvalue weighted by atomic mass is 10.1. The Morgan fingerprint density at radius 1 is 0.789 bits per heavy atom. The van der Waals surface area contributed by atoms with E-state index >= 15 is 0 Å². The third-order valence-corrected chi connectivity index (χ3v) is 6.29. The van der Waals surface area contributed by atoms with Crippen molar-refractivity contribution < 1.29 is 32.8 Å². The van der Waals surface area contributed by atoms with E-state index in [0.717, 1.165) is 51.4 Å². The van der Waals surface area contributed by atoms with Gasteiger partial charge in [0.1, 0.15) is 6.10 Å².